The molecular formula is C23H20ClNO3. The molecule has 0 spiro atoms. The molecule has 3 aromatic carbocycles. The number of benzene rings is 3. The van der Waals surface area contributed by atoms with Crippen molar-refractivity contribution in [2.45, 2.75) is 13.0 Å². The van der Waals surface area contributed by atoms with E-state index in [0.717, 1.165) is 22.3 Å². The summed E-state index contributed by atoms with van der Waals surface area (Å²) in [6.45, 7) is 1.47. The van der Waals surface area contributed by atoms with E-state index in [1.165, 1.54) is 18.9 Å². The van der Waals surface area contributed by atoms with Gasteiger partial charge in [0.25, 0.3) is 5.91 Å². The number of hydrogen-bond acceptors (Lipinski definition) is 2. The highest BCUT2D eigenvalue weighted by molar-refractivity contribution is 6.33. The van der Waals surface area contributed by atoms with Crippen molar-refractivity contribution in [3.05, 3.63) is 83.4 Å². The molecular weight excluding hydrogens is 374 g/mol. The third kappa shape index (κ3) is 4.07. The van der Waals surface area contributed by atoms with Crippen LogP contribution in [0.2, 0.25) is 5.02 Å². The van der Waals surface area contributed by atoms with Gasteiger partial charge in [-0.1, -0.05) is 66.2 Å². The highest BCUT2D eigenvalue weighted by atomic mass is 35.5. The summed E-state index contributed by atoms with van der Waals surface area (Å²) in [7, 11) is 1.48. The lowest BCUT2D eigenvalue weighted by Gasteiger charge is -2.22. The van der Waals surface area contributed by atoms with Crippen LogP contribution in [0.5, 0.6) is 0 Å². The Labute approximate surface area is 169 Å². The molecule has 0 heterocycles. The Morgan fingerprint density at radius 3 is 2.07 bits per heavy atom. The average Bonchev–Trinajstić information content (AvgIpc) is 2.73. The molecule has 1 N–H and O–H groups in total. The smallest absolute Gasteiger partial charge is 0.326 e. The first-order valence-corrected chi connectivity index (χ1v) is 9.21. The third-order valence-corrected chi connectivity index (χ3v) is 5.10. The van der Waals surface area contributed by atoms with Crippen molar-refractivity contribution in [3.8, 4) is 22.3 Å². The van der Waals surface area contributed by atoms with Crippen molar-refractivity contribution in [1.82, 2.24) is 4.90 Å². The topological polar surface area (TPSA) is 57.6 Å². The van der Waals surface area contributed by atoms with Gasteiger partial charge in [0.1, 0.15) is 6.04 Å². The Morgan fingerprint density at radius 2 is 1.46 bits per heavy atom. The molecule has 0 aliphatic heterocycles. The van der Waals surface area contributed by atoms with Gasteiger partial charge >= 0.3 is 5.97 Å². The maximum atomic E-state index is 12.6. The fourth-order valence-corrected chi connectivity index (χ4v) is 3.12. The van der Waals surface area contributed by atoms with Gasteiger partial charge in [0.05, 0.1) is 0 Å². The summed E-state index contributed by atoms with van der Waals surface area (Å²) in [5.41, 5.74) is 4.20. The number of halogens is 1. The van der Waals surface area contributed by atoms with E-state index in [4.69, 9.17) is 16.7 Å². The van der Waals surface area contributed by atoms with Crippen LogP contribution in [-0.4, -0.2) is 35.0 Å². The number of carbonyl (C=O) groups excluding carboxylic acids is 1. The minimum absolute atomic E-state index is 0.367. The molecule has 1 amide bonds. The average molecular weight is 394 g/mol. The van der Waals surface area contributed by atoms with Crippen LogP contribution in [0.25, 0.3) is 22.3 Å². The Kier molecular flexibility index (Phi) is 5.81. The molecule has 4 nitrogen and oxygen atoms in total. The van der Waals surface area contributed by atoms with E-state index >= 15 is 0 Å². The molecule has 0 aliphatic carbocycles. The van der Waals surface area contributed by atoms with E-state index in [-0.39, 0.29) is 5.91 Å². The zero-order valence-electron chi connectivity index (χ0n) is 15.6. The molecule has 28 heavy (non-hydrogen) atoms. The highest BCUT2D eigenvalue weighted by Crippen LogP contribution is 2.31. The third-order valence-electron chi connectivity index (χ3n) is 4.78. The van der Waals surface area contributed by atoms with E-state index in [0.29, 0.717) is 10.6 Å². The minimum atomic E-state index is -1.05. The van der Waals surface area contributed by atoms with Crippen molar-refractivity contribution in [2.75, 3.05) is 7.05 Å². The molecule has 0 aliphatic rings. The molecule has 0 saturated heterocycles. The summed E-state index contributed by atoms with van der Waals surface area (Å²) < 4.78 is 0. The fourth-order valence-electron chi connectivity index (χ4n) is 2.90. The van der Waals surface area contributed by atoms with Gasteiger partial charge < -0.3 is 10.0 Å². The maximum Gasteiger partial charge on any atom is 0.326 e. The first kappa shape index (κ1) is 19.6. The lowest BCUT2D eigenvalue weighted by atomic mass is 9.98. The zero-order valence-corrected chi connectivity index (χ0v) is 16.4. The number of likely N-dealkylation sites (N-methyl/N-ethyl adjacent to an activating group) is 1. The summed E-state index contributed by atoms with van der Waals surface area (Å²) in [6.07, 6.45) is 0. The largest absolute Gasteiger partial charge is 0.480 e. The number of aliphatic carboxylic acids is 1. The Morgan fingerprint density at radius 1 is 0.893 bits per heavy atom. The van der Waals surface area contributed by atoms with Crippen LogP contribution in [0.15, 0.2) is 72.8 Å². The van der Waals surface area contributed by atoms with Gasteiger partial charge in [0, 0.05) is 23.2 Å². The van der Waals surface area contributed by atoms with Crippen LogP contribution in [0.3, 0.4) is 0 Å². The number of carbonyl (C=O) groups is 2. The molecule has 1 atom stereocenters. The predicted molar refractivity (Wildman–Crippen MR) is 112 cm³/mol. The standard InChI is InChI=1S/C23H20ClNO3/c1-15(23(27)28)25(2)22(26)19-12-13-21(24)20(14-19)18-10-8-17(9-11-18)16-6-4-3-5-7-16/h3-15H,1-2H3,(H,27,28). The van der Waals surface area contributed by atoms with Gasteiger partial charge in [-0.25, -0.2) is 4.79 Å². The number of rotatable bonds is 5. The van der Waals surface area contributed by atoms with Gasteiger partial charge in [-0.05, 0) is 41.8 Å². The number of amides is 1. The van der Waals surface area contributed by atoms with Gasteiger partial charge in [0.15, 0.2) is 0 Å². The Hall–Kier alpha value is -3.11. The van der Waals surface area contributed by atoms with E-state index in [2.05, 4.69) is 0 Å². The molecule has 0 fully saturated rings. The highest BCUT2D eigenvalue weighted by Gasteiger charge is 2.23. The fraction of sp³-hybridized carbons (Fsp3) is 0.130. The minimum Gasteiger partial charge on any atom is -0.480 e. The molecule has 0 bridgehead atoms. The normalized spacial score (nSPS) is 11.7. The van der Waals surface area contributed by atoms with E-state index in [1.54, 1.807) is 18.2 Å². The lowest BCUT2D eigenvalue weighted by Crippen LogP contribution is -2.40. The second-order valence-electron chi connectivity index (χ2n) is 6.57. The molecule has 3 rings (SSSR count). The number of nitrogens with zero attached hydrogens (tertiary/aromatic N) is 1. The summed E-state index contributed by atoms with van der Waals surface area (Å²) in [5.74, 6) is -1.42. The van der Waals surface area contributed by atoms with Crippen molar-refractivity contribution >= 4 is 23.5 Å². The molecule has 5 heteroatoms. The quantitative estimate of drug-likeness (QED) is 0.646. The van der Waals surface area contributed by atoms with Crippen molar-refractivity contribution in [1.29, 1.82) is 0 Å². The Balaban J connectivity index is 1.92. The zero-order chi connectivity index (χ0) is 20.3. The van der Waals surface area contributed by atoms with Crippen molar-refractivity contribution < 1.29 is 14.7 Å². The van der Waals surface area contributed by atoms with E-state index in [9.17, 15) is 9.59 Å². The van der Waals surface area contributed by atoms with Gasteiger partial charge in [0.2, 0.25) is 0 Å². The summed E-state index contributed by atoms with van der Waals surface area (Å²) in [6, 6.07) is 22.0. The summed E-state index contributed by atoms with van der Waals surface area (Å²) in [4.78, 5) is 25.0. The lowest BCUT2D eigenvalue weighted by molar-refractivity contribution is -0.141. The summed E-state index contributed by atoms with van der Waals surface area (Å²) in [5, 5.41) is 9.66. The Bertz CT molecular complexity index is 1000. The maximum absolute atomic E-state index is 12.6. The first-order chi connectivity index (χ1) is 13.4. The van der Waals surface area contributed by atoms with Crippen molar-refractivity contribution in [2.24, 2.45) is 0 Å². The van der Waals surface area contributed by atoms with Crippen LogP contribution < -0.4 is 0 Å². The van der Waals surface area contributed by atoms with Gasteiger partial charge in [-0.15, -0.1) is 0 Å². The number of carboxylic acids is 1. The SMILES string of the molecule is CC(C(=O)O)N(C)C(=O)c1ccc(Cl)c(-c2ccc(-c3ccccc3)cc2)c1. The van der Waals surface area contributed by atoms with Crippen LogP contribution >= 0.6 is 11.6 Å². The molecule has 142 valence electrons. The van der Waals surface area contributed by atoms with Gasteiger partial charge in [-0.2, -0.15) is 0 Å². The van der Waals surface area contributed by atoms with Crippen LogP contribution in [0, 0.1) is 0 Å². The van der Waals surface area contributed by atoms with Crippen LogP contribution in [-0.2, 0) is 4.79 Å². The number of hydrogen-bond donors (Lipinski definition) is 1. The van der Waals surface area contributed by atoms with E-state index < -0.39 is 12.0 Å². The monoisotopic (exact) mass is 393 g/mol. The summed E-state index contributed by atoms with van der Waals surface area (Å²) >= 11 is 6.37. The molecule has 0 radical (unpaired) electrons. The number of carboxylic acid groups (broad SMARTS) is 1. The predicted octanol–water partition coefficient (Wildman–Crippen LogP) is 5.22. The molecule has 0 saturated carbocycles. The molecule has 1 unspecified atom stereocenters. The van der Waals surface area contributed by atoms with Crippen LogP contribution in [0.1, 0.15) is 17.3 Å². The second kappa shape index (κ2) is 8.28. The first-order valence-electron chi connectivity index (χ1n) is 8.84. The van der Waals surface area contributed by atoms with E-state index in [1.807, 2.05) is 54.6 Å². The second-order valence-corrected chi connectivity index (χ2v) is 6.98. The molecule has 3 aromatic rings. The molecule has 0 aromatic heterocycles. The van der Waals surface area contributed by atoms with Crippen molar-refractivity contribution in [3.63, 3.8) is 0 Å². The van der Waals surface area contributed by atoms with Gasteiger partial charge in [-0.3, -0.25) is 4.79 Å². The van der Waals surface area contributed by atoms with Crippen LogP contribution in [0.4, 0.5) is 0 Å².